The minimum Gasteiger partial charge on any atom is -0.461 e. The Morgan fingerprint density at radius 2 is 1.76 bits per heavy atom. The van der Waals surface area contributed by atoms with Gasteiger partial charge in [0.1, 0.15) is 43.7 Å². The molecule has 0 radical (unpaired) electrons. The summed E-state index contributed by atoms with van der Waals surface area (Å²) < 4.78 is 15.4. The van der Waals surface area contributed by atoms with Crippen LogP contribution >= 0.6 is 0 Å². The number of hydrogen-bond acceptors (Lipinski definition) is 9. The molecule has 10 nitrogen and oxygen atoms in total. The molecule has 2 fully saturated rings. The highest BCUT2D eigenvalue weighted by molar-refractivity contribution is 5.82. The highest BCUT2D eigenvalue weighted by Crippen LogP contribution is 2.23. The number of carbonyl (C=O) groups excluding carboxylic acids is 2. The van der Waals surface area contributed by atoms with E-state index in [2.05, 4.69) is 0 Å². The Kier molecular flexibility index (Phi) is 7.04. The van der Waals surface area contributed by atoms with Gasteiger partial charge in [-0.05, 0) is 18.4 Å². The number of ether oxygens (including phenoxy) is 3. The number of hydrogen-bond donors (Lipinski definition) is 4. The van der Waals surface area contributed by atoms with Crippen molar-refractivity contribution in [1.29, 1.82) is 0 Å². The van der Waals surface area contributed by atoms with Crippen molar-refractivity contribution in [1.82, 2.24) is 4.90 Å². The lowest BCUT2D eigenvalue weighted by atomic mass is 9.99. The maximum atomic E-state index is 12.4. The van der Waals surface area contributed by atoms with E-state index in [4.69, 9.17) is 14.2 Å². The lowest BCUT2D eigenvalue weighted by Crippen LogP contribution is -2.58. The summed E-state index contributed by atoms with van der Waals surface area (Å²) in [6, 6.07) is 8.31. The number of amides is 1. The van der Waals surface area contributed by atoms with Gasteiger partial charge in [0.15, 0.2) is 6.29 Å². The van der Waals surface area contributed by atoms with Gasteiger partial charge in [-0.2, -0.15) is 0 Å². The Morgan fingerprint density at radius 1 is 1.03 bits per heavy atom. The number of esters is 1. The van der Waals surface area contributed by atoms with Crippen molar-refractivity contribution in [3.8, 4) is 0 Å². The molecule has 6 unspecified atom stereocenters. The van der Waals surface area contributed by atoms with Gasteiger partial charge in [0.05, 0.1) is 0 Å². The molecule has 1 aromatic rings. The van der Waals surface area contributed by atoms with Crippen LogP contribution in [-0.4, -0.2) is 87.3 Å². The van der Waals surface area contributed by atoms with E-state index in [-0.39, 0.29) is 6.61 Å². The summed E-state index contributed by atoms with van der Waals surface area (Å²) in [4.78, 5) is 26.1. The first-order valence-electron chi connectivity index (χ1n) is 9.40. The minimum atomic E-state index is -1.71. The molecule has 29 heavy (non-hydrogen) atoms. The van der Waals surface area contributed by atoms with Crippen LogP contribution in [0.15, 0.2) is 30.3 Å². The zero-order chi connectivity index (χ0) is 21.0. The molecule has 3 rings (SSSR count). The van der Waals surface area contributed by atoms with Crippen LogP contribution in [-0.2, 0) is 25.6 Å². The molecule has 1 amide bonds. The van der Waals surface area contributed by atoms with E-state index >= 15 is 0 Å². The van der Waals surface area contributed by atoms with Gasteiger partial charge in [-0.25, -0.2) is 9.59 Å². The van der Waals surface area contributed by atoms with E-state index in [1.165, 1.54) is 4.90 Å². The van der Waals surface area contributed by atoms with Crippen LogP contribution in [0.1, 0.15) is 18.4 Å². The summed E-state index contributed by atoms with van der Waals surface area (Å²) in [6.07, 6.45) is -7.41. The summed E-state index contributed by atoms with van der Waals surface area (Å²) >= 11 is 0. The number of rotatable bonds is 5. The third-order valence-electron chi connectivity index (χ3n) is 5.04. The number of likely N-dealkylation sites (tertiary alicyclic amines) is 1. The quantitative estimate of drug-likeness (QED) is 0.454. The first-order chi connectivity index (χ1) is 13.9. The van der Waals surface area contributed by atoms with E-state index in [9.17, 15) is 30.0 Å². The van der Waals surface area contributed by atoms with Crippen molar-refractivity contribution in [2.45, 2.75) is 56.2 Å². The molecule has 6 atom stereocenters. The summed E-state index contributed by atoms with van der Waals surface area (Å²) in [5, 5.41) is 38.6. The second kappa shape index (κ2) is 9.51. The maximum absolute atomic E-state index is 12.4. The predicted molar refractivity (Wildman–Crippen MR) is 96.2 cm³/mol. The lowest BCUT2D eigenvalue weighted by Gasteiger charge is -2.38. The van der Waals surface area contributed by atoms with Gasteiger partial charge in [0.2, 0.25) is 0 Å². The zero-order valence-corrected chi connectivity index (χ0v) is 15.7. The van der Waals surface area contributed by atoms with Crippen molar-refractivity contribution in [2.24, 2.45) is 0 Å². The van der Waals surface area contributed by atoms with Gasteiger partial charge < -0.3 is 34.6 Å². The van der Waals surface area contributed by atoms with E-state index in [1.807, 2.05) is 30.3 Å². The van der Waals surface area contributed by atoms with Crippen LogP contribution in [0.5, 0.6) is 0 Å². The molecule has 0 aliphatic carbocycles. The zero-order valence-electron chi connectivity index (χ0n) is 15.7. The largest absolute Gasteiger partial charge is 0.461 e. The second-order valence-corrected chi connectivity index (χ2v) is 7.06. The standard InChI is InChI=1S/C19H25NO9/c21-14-13(29-18(25)16(23)15(14)22)10-27-17(24)12-7-4-8-20(12)19(26)28-9-11-5-2-1-3-6-11/h1-3,5-6,12-16,18,21-23,25H,4,7-10H2. The fourth-order valence-corrected chi connectivity index (χ4v) is 3.36. The fraction of sp³-hybridized carbons (Fsp3) is 0.579. The van der Waals surface area contributed by atoms with E-state index in [0.29, 0.717) is 19.4 Å². The van der Waals surface area contributed by atoms with E-state index in [1.54, 1.807) is 0 Å². The smallest absolute Gasteiger partial charge is 0.410 e. The number of benzene rings is 1. The highest BCUT2D eigenvalue weighted by Gasteiger charge is 2.44. The van der Waals surface area contributed by atoms with Gasteiger partial charge in [-0.15, -0.1) is 0 Å². The van der Waals surface area contributed by atoms with Crippen molar-refractivity contribution in [3.63, 3.8) is 0 Å². The van der Waals surface area contributed by atoms with Crippen molar-refractivity contribution < 1.29 is 44.2 Å². The Morgan fingerprint density at radius 3 is 2.48 bits per heavy atom. The Balaban J connectivity index is 1.51. The Labute approximate surface area is 167 Å². The molecule has 2 heterocycles. The molecule has 4 N–H and O–H groups in total. The van der Waals surface area contributed by atoms with Gasteiger partial charge in [-0.1, -0.05) is 30.3 Å². The number of carbonyl (C=O) groups is 2. The van der Waals surface area contributed by atoms with Gasteiger partial charge in [0, 0.05) is 6.54 Å². The molecule has 0 bridgehead atoms. The molecule has 10 heteroatoms. The van der Waals surface area contributed by atoms with Crippen LogP contribution < -0.4 is 0 Å². The number of nitrogens with zero attached hydrogens (tertiary/aromatic N) is 1. The summed E-state index contributed by atoms with van der Waals surface area (Å²) in [7, 11) is 0. The SMILES string of the molecule is O=C(OCC1OC(O)C(O)C(O)C1O)C1CCCN1C(=O)OCc1ccccc1. The molecule has 2 saturated heterocycles. The minimum absolute atomic E-state index is 0.0815. The summed E-state index contributed by atoms with van der Waals surface area (Å²) in [6.45, 7) is -0.0258. The molecule has 2 aliphatic heterocycles. The maximum Gasteiger partial charge on any atom is 0.410 e. The van der Waals surface area contributed by atoms with Crippen LogP contribution in [0.2, 0.25) is 0 Å². The average Bonchev–Trinajstić information content (AvgIpc) is 3.23. The molecule has 2 aliphatic rings. The number of aliphatic hydroxyl groups excluding tert-OH is 4. The number of aliphatic hydroxyl groups is 4. The Hall–Kier alpha value is -2.24. The van der Waals surface area contributed by atoms with Crippen LogP contribution in [0.25, 0.3) is 0 Å². The molecular formula is C19H25NO9. The Bertz CT molecular complexity index is 700. The monoisotopic (exact) mass is 411 g/mol. The average molecular weight is 411 g/mol. The molecular weight excluding hydrogens is 386 g/mol. The molecule has 1 aromatic carbocycles. The molecule has 160 valence electrons. The third kappa shape index (κ3) is 5.03. The van der Waals surface area contributed by atoms with Crippen molar-refractivity contribution in [2.75, 3.05) is 13.2 Å². The van der Waals surface area contributed by atoms with Crippen LogP contribution in [0.3, 0.4) is 0 Å². The highest BCUT2D eigenvalue weighted by atomic mass is 16.7. The van der Waals surface area contributed by atoms with Crippen LogP contribution in [0.4, 0.5) is 4.79 Å². The summed E-state index contributed by atoms with van der Waals surface area (Å²) in [5.74, 6) is -0.704. The first kappa shape index (κ1) is 21.5. The van der Waals surface area contributed by atoms with Gasteiger partial charge in [-0.3, -0.25) is 4.90 Å². The fourth-order valence-electron chi connectivity index (χ4n) is 3.36. The third-order valence-corrected chi connectivity index (χ3v) is 5.04. The summed E-state index contributed by atoms with van der Waals surface area (Å²) in [5.41, 5.74) is 0.821. The van der Waals surface area contributed by atoms with Crippen LogP contribution in [0, 0.1) is 0 Å². The van der Waals surface area contributed by atoms with Crippen molar-refractivity contribution in [3.05, 3.63) is 35.9 Å². The molecule has 0 saturated carbocycles. The second-order valence-electron chi connectivity index (χ2n) is 7.06. The van der Waals surface area contributed by atoms with Crippen molar-refractivity contribution >= 4 is 12.1 Å². The normalized spacial score (nSPS) is 32.1. The van der Waals surface area contributed by atoms with Gasteiger partial charge in [0.25, 0.3) is 0 Å². The molecule has 0 aromatic heterocycles. The predicted octanol–water partition coefficient (Wildman–Crippen LogP) is -0.869. The van der Waals surface area contributed by atoms with E-state index < -0.39 is 55.4 Å². The van der Waals surface area contributed by atoms with E-state index in [0.717, 1.165) is 5.56 Å². The lowest BCUT2D eigenvalue weighted by molar-refractivity contribution is -0.287. The molecule has 0 spiro atoms. The topological polar surface area (TPSA) is 146 Å². The first-order valence-corrected chi connectivity index (χ1v) is 9.40. The van der Waals surface area contributed by atoms with Gasteiger partial charge >= 0.3 is 12.1 Å².